The number of anilines is 4. The van der Waals surface area contributed by atoms with E-state index in [1.54, 1.807) is 0 Å². The molecule has 20 heteroatoms. The lowest BCUT2D eigenvalue weighted by molar-refractivity contribution is -0.123. The van der Waals surface area contributed by atoms with Gasteiger partial charge in [0.1, 0.15) is 0 Å². The van der Waals surface area contributed by atoms with Crippen molar-refractivity contribution in [1.29, 1.82) is 0 Å². The third kappa shape index (κ3) is 15.2. The number of aryl methyl sites for hydroxylation is 2. The minimum atomic E-state index is -0.197. The highest BCUT2D eigenvalue weighted by Gasteiger charge is 2.42. The van der Waals surface area contributed by atoms with Crippen molar-refractivity contribution in [3.8, 4) is 0 Å². The Morgan fingerprint density at radius 1 is 0.417 bits per heavy atom. The Morgan fingerprint density at radius 2 is 0.774 bits per heavy atom. The van der Waals surface area contributed by atoms with Crippen molar-refractivity contribution in [2.45, 2.75) is 127 Å². The molecule has 2 aliphatic carbocycles. The lowest BCUT2D eigenvalue weighted by Crippen LogP contribution is -2.51. The Balaban J connectivity index is 0.509. The Bertz CT molecular complexity index is 2760. The predicted molar refractivity (Wildman–Crippen MR) is 340 cm³/mol. The fraction of sp³-hybridized carbons (Fsp3) is 0.562. The molecule has 4 N–H and O–H groups in total. The molecule has 0 spiro atoms. The second kappa shape index (κ2) is 28.6. The lowest BCUT2D eigenvalue weighted by atomic mass is 10.1. The van der Waals surface area contributed by atoms with Crippen LogP contribution >= 0.6 is 46.4 Å². The monoisotopic (exact) mass is 1220 g/mol. The Morgan fingerprint density at radius 3 is 1.17 bits per heavy atom. The number of urea groups is 2. The van der Waals surface area contributed by atoms with E-state index in [0.717, 1.165) is 150 Å². The number of carbonyl (C=O) groups is 4. The largest absolute Gasteiger partial charge is 0.365 e. The van der Waals surface area contributed by atoms with Crippen LogP contribution in [-0.4, -0.2) is 172 Å². The molecule has 2 saturated carbocycles. The molecule has 6 amide bonds. The van der Waals surface area contributed by atoms with Gasteiger partial charge in [0.05, 0.1) is 34.8 Å². The molecule has 3 saturated heterocycles. The minimum Gasteiger partial charge on any atom is -0.365 e. The molecule has 452 valence electrons. The summed E-state index contributed by atoms with van der Waals surface area (Å²) in [5, 5.41) is 14.6. The van der Waals surface area contributed by atoms with Crippen LogP contribution in [0.4, 0.5) is 32.3 Å². The van der Waals surface area contributed by atoms with Crippen LogP contribution in [0.3, 0.4) is 0 Å². The fourth-order valence-electron chi connectivity index (χ4n) is 13.4. The standard InChI is InChI=1S/C64H84Cl4N12O4/c65-51-41-47(43-75-29-7-17-59(75)61(81)79-37-35-77(49-19-20-49)55-13-1-3-15-57(55)79)53(67)39-45(51)11-5-23-69-63(83)71-25-9-27-73-31-33-74(34-32-73)28-10-26-72-64(84)70-24-6-12-46-40-54(68)48(42-52(46)66)44-76-30-8-18-60(76)62(82)80-38-36-78(50-21-22-50)56-14-2-4-16-58(56)80/h1-4,13-16,39-42,49-50,59-60H,5-12,17-38,43-44H2,(H2,69,71,83)(H2,70,72,84)/t59-,60-/m0/s1. The van der Waals surface area contributed by atoms with E-state index >= 15 is 0 Å². The van der Waals surface area contributed by atoms with Crippen LogP contribution < -0.4 is 40.9 Å². The number of amides is 6. The van der Waals surface area contributed by atoms with E-state index < -0.39 is 0 Å². The number of hydrogen-bond donors (Lipinski definition) is 4. The van der Waals surface area contributed by atoms with E-state index in [1.807, 2.05) is 46.2 Å². The molecule has 4 aromatic rings. The SMILES string of the molecule is O=C(NCCCc1cc(Cl)c(CN2CCC[C@H]2C(=O)N2CCN(C3CC3)c3ccccc32)cc1Cl)NCCCN1CCN(CCCNC(=O)NCCCc2cc(Cl)c(CN3CCC[C@H]3C(=O)N3CCN(C4CC4)c4ccccc43)cc2Cl)CC1. The summed E-state index contributed by atoms with van der Waals surface area (Å²) in [6.45, 7) is 14.0. The van der Waals surface area contributed by atoms with Gasteiger partial charge < -0.3 is 50.7 Å². The Hall–Kier alpha value is -5.04. The molecule has 5 heterocycles. The van der Waals surface area contributed by atoms with E-state index in [4.69, 9.17) is 46.4 Å². The highest BCUT2D eigenvalue weighted by atomic mass is 35.5. The number of nitrogens with one attached hydrogen (secondary N) is 4. The zero-order chi connectivity index (χ0) is 58.1. The van der Waals surface area contributed by atoms with Gasteiger partial charge in [0.15, 0.2) is 0 Å². The topological polar surface area (TPSA) is 142 Å². The van der Waals surface area contributed by atoms with Crippen molar-refractivity contribution < 1.29 is 19.2 Å². The van der Waals surface area contributed by atoms with E-state index in [2.05, 4.69) is 87.1 Å². The van der Waals surface area contributed by atoms with Crippen LogP contribution in [0.1, 0.15) is 99.3 Å². The molecule has 0 bridgehead atoms. The quantitative estimate of drug-likeness (QED) is 0.0501. The van der Waals surface area contributed by atoms with Crippen molar-refractivity contribution in [1.82, 2.24) is 40.9 Å². The number of nitrogens with zero attached hydrogens (tertiary/aromatic N) is 8. The van der Waals surface area contributed by atoms with Crippen LogP contribution in [-0.2, 0) is 35.5 Å². The molecule has 16 nitrogen and oxygen atoms in total. The van der Waals surface area contributed by atoms with Gasteiger partial charge in [0.2, 0.25) is 11.8 Å². The summed E-state index contributed by atoms with van der Waals surface area (Å²) in [5.74, 6) is 0.339. The number of halogens is 4. The number of hydrogen-bond acceptors (Lipinski definition) is 10. The number of fused-ring (bicyclic) bond motifs is 2. The van der Waals surface area contributed by atoms with Gasteiger partial charge in [0, 0.05) is 124 Å². The highest BCUT2D eigenvalue weighted by Crippen LogP contribution is 2.43. The fourth-order valence-corrected chi connectivity index (χ4v) is 14.4. The number of rotatable bonds is 24. The van der Waals surface area contributed by atoms with E-state index in [9.17, 15) is 19.2 Å². The maximum absolute atomic E-state index is 14.1. The maximum Gasteiger partial charge on any atom is 0.314 e. The highest BCUT2D eigenvalue weighted by molar-refractivity contribution is 6.34. The van der Waals surface area contributed by atoms with Gasteiger partial charge in [0.25, 0.3) is 0 Å². The first-order valence-electron chi connectivity index (χ1n) is 31.2. The van der Waals surface area contributed by atoms with Gasteiger partial charge in [-0.1, -0.05) is 70.7 Å². The summed E-state index contributed by atoms with van der Waals surface area (Å²) in [6, 6.07) is 25.0. The third-order valence-electron chi connectivity index (χ3n) is 18.2. The van der Waals surface area contributed by atoms with Gasteiger partial charge in [-0.3, -0.25) is 19.4 Å². The molecular formula is C64H84Cl4N12O4. The molecule has 0 radical (unpaired) electrons. The molecule has 2 atom stereocenters. The molecule has 5 fully saturated rings. The molecule has 7 aliphatic rings. The summed E-state index contributed by atoms with van der Waals surface area (Å²) in [4.78, 5) is 71.9. The van der Waals surface area contributed by atoms with Crippen LogP contribution in [0.5, 0.6) is 0 Å². The Labute approximate surface area is 516 Å². The summed E-state index contributed by atoms with van der Waals surface area (Å²) < 4.78 is 0. The number of para-hydroxylation sites is 4. The molecule has 5 aliphatic heterocycles. The van der Waals surface area contributed by atoms with Crippen LogP contribution in [0.15, 0.2) is 72.8 Å². The smallest absolute Gasteiger partial charge is 0.314 e. The number of benzene rings is 4. The molecule has 11 rings (SSSR count). The van der Waals surface area contributed by atoms with E-state index in [-0.39, 0.29) is 36.0 Å². The van der Waals surface area contributed by atoms with Gasteiger partial charge >= 0.3 is 12.1 Å². The van der Waals surface area contributed by atoms with Crippen molar-refractivity contribution in [2.24, 2.45) is 0 Å². The lowest BCUT2D eigenvalue weighted by Gasteiger charge is -2.40. The van der Waals surface area contributed by atoms with E-state index in [1.165, 1.54) is 37.1 Å². The van der Waals surface area contributed by atoms with Crippen LogP contribution in [0, 0.1) is 0 Å². The molecule has 0 unspecified atom stereocenters. The van der Waals surface area contributed by atoms with Crippen molar-refractivity contribution in [3.05, 3.63) is 115 Å². The zero-order valence-electron chi connectivity index (χ0n) is 48.6. The summed E-state index contributed by atoms with van der Waals surface area (Å²) in [5.41, 5.74) is 8.15. The maximum atomic E-state index is 14.1. The summed E-state index contributed by atoms with van der Waals surface area (Å²) >= 11 is 27.4. The molecule has 4 aromatic carbocycles. The Kier molecular flexibility index (Phi) is 20.7. The second-order valence-electron chi connectivity index (χ2n) is 24.1. The zero-order valence-corrected chi connectivity index (χ0v) is 51.6. The number of piperazine rings is 1. The van der Waals surface area contributed by atoms with Gasteiger partial charge in [-0.15, -0.1) is 0 Å². The second-order valence-corrected chi connectivity index (χ2v) is 25.7. The average Bonchev–Trinajstić information content (AvgIpc) is 4.23. The normalized spacial score (nSPS) is 20.5. The average molecular weight is 1230 g/mol. The molecule has 0 aromatic heterocycles. The van der Waals surface area contributed by atoms with Gasteiger partial charge in [-0.05, 0) is 187 Å². The van der Waals surface area contributed by atoms with Crippen LogP contribution in [0.2, 0.25) is 20.1 Å². The van der Waals surface area contributed by atoms with Crippen molar-refractivity contribution in [2.75, 3.05) is 124 Å². The molecule has 84 heavy (non-hydrogen) atoms. The first-order chi connectivity index (χ1) is 40.9. The molecular weight excluding hydrogens is 1140 g/mol. The van der Waals surface area contributed by atoms with Gasteiger partial charge in [-0.2, -0.15) is 0 Å². The van der Waals surface area contributed by atoms with Crippen LogP contribution in [0.25, 0.3) is 0 Å². The summed E-state index contributed by atoms with van der Waals surface area (Å²) in [7, 11) is 0. The first kappa shape index (κ1) is 60.6. The number of carbonyl (C=O) groups excluding carboxylic acids is 4. The van der Waals surface area contributed by atoms with Crippen molar-refractivity contribution in [3.63, 3.8) is 0 Å². The van der Waals surface area contributed by atoms with E-state index in [0.29, 0.717) is 97.4 Å². The minimum absolute atomic E-state index is 0.167. The predicted octanol–water partition coefficient (Wildman–Crippen LogP) is 9.82. The third-order valence-corrected chi connectivity index (χ3v) is 19.6. The van der Waals surface area contributed by atoms with Gasteiger partial charge in [-0.25, -0.2) is 9.59 Å². The summed E-state index contributed by atoms with van der Waals surface area (Å²) in [6.07, 6.45) is 13.1. The van der Waals surface area contributed by atoms with Crippen molar-refractivity contribution >= 4 is 93.0 Å². The number of likely N-dealkylation sites (tertiary alicyclic amines) is 2. The first-order valence-corrected chi connectivity index (χ1v) is 32.7.